The van der Waals surface area contributed by atoms with Crippen molar-refractivity contribution in [3.63, 3.8) is 0 Å². The molecule has 0 spiro atoms. The molecule has 0 atom stereocenters. The summed E-state index contributed by atoms with van der Waals surface area (Å²) >= 11 is 3.69. The number of carbonyl (C=O) groups is 1. The summed E-state index contributed by atoms with van der Waals surface area (Å²) in [4.78, 5) is 14.9. The summed E-state index contributed by atoms with van der Waals surface area (Å²) in [5, 5.41) is 13.5. The second kappa shape index (κ2) is 6.13. The molecule has 0 aliphatic carbocycles. The molecule has 9 heteroatoms. The van der Waals surface area contributed by atoms with Gasteiger partial charge in [0.25, 0.3) is 5.91 Å². The van der Waals surface area contributed by atoms with Crippen LogP contribution in [-0.4, -0.2) is 56.9 Å². The van der Waals surface area contributed by atoms with Crippen LogP contribution in [0.15, 0.2) is 24.3 Å². The average molecular weight is 441 g/mol. The first-order valence-electron chi connectivity index (χ1n) is 7.07. The number of rotatable bonds is 2. The second-order valence-electron chi connectivity index (χ2n) is 5.04. The number of halogens is 1. The molecule has 118 valence electrons. The number of ether oxygens (including phenoxy) is 1. The van der Waals surface area contributed by atoms with Gasteiger partial charge in [-0.15, -0.1) is 10.2 Å². The molecule has 3 heterocycles. The van der Waals surface area contributed by atoms with Gasteiger partial charge in [-0.2, -0.15) is 9.61 Å². The number of hydrogen-bond donors (Lipinski definition) is 0. The van der Waals surface area contributed by atoms with Crippen LogP contribution in [0.25, 0.3) is 15.5 Å². The number of carbonyl (C=O) groups excluding carboxylic acids is 1. The number of amides is 1. The summed E-state index contributed by atoms with van der Waals surface area (Å²) in [7, 11) is 0. The lowest BCUT2D eigenvalue weighted by Gasteiger charge is -2.25. The van der Waals surface area contributed by atoms with E-state index in [1.54, 1.807) is 4.90 Å². The highest BCUT2D eigenvalue weighted by atomic mass is 127. The van der Waals surface area contributed by atoms with Crippen molar-refractivity contribution in [3.8, 4) is 10.6 Å². The predicted octanol–water partition coefficient (Wildman–Crippen LogP) is 1.93. The standard InChI is InChI=1S/C14H12IN5O2S/c15-10-3-1-2-9(8-10)12-18-20-11(16-17-14(20)23-12)13(21)19-4-6-22-7-5-19/h1-3,8H,4-7H2. The summed E-state index contributed by atoms with van der Waals surface area (Å²) in [6.07, 6.45) is 0. The molecule has 3 aromatic rings. The van der Waals surface area contributed by atoms with Crippen LogP contribution in [0.3, 0.4) is 0 Å². The van der Waals surface area contributed by atoms with Crippen LogP contribution in [0, 0.1) is 3.57 Å². The Balaban J connectivity index is 1.70. The topological polar surface area (TPSA) is 72.6 Å². The quantitative estimate of drug-likeness (QED) is 0.569. The van der Waals surface area contributed by atoms with Crippen LogP contribution >= 0.6 is 33.9 Å². The van der Waals surface area contributed by atoms with Crippen LogP contribution in [0.1, 0.15) is 10.6 Å². The third-order valence-corrected chi connectivity index (χ3v) is 5.17. The Morgan fingerprint density at radius 1 is 1.26 bits per heavy atom. The Hall–Kier alpha value is -1.59. The predicted molar refractivity (Wildman–Crippen MR) is 93.5 cm³/mol. The second-order valence-corrected chi connectivity index (χ2v) is 7.24. The molecule has 0 bridgehead atoms. The highest BCUT2D eigenvalue weighted by molar-refractivity contribution is 14.1. The van der Waals surface area contributed by atoms with E-state index in [0.29, 0.717) is 31.3 Å². The maximum Gasteiger partial charge on any atom is 0.293 e. The molecule has 0 unspecified atom stereocenters. The molecule has 1 saturated heterocycles. The Morgan fingerprint density at radius 3 is 2.87 bits per heavy atom. The molecule has 1 aliphatic rings. The summed E-state index contributed by atoms with van der Waals surface area (Å²) in [5.41, 5.74) is 1.01. The molecular formula is C14H12IN5O2S. The molecular weight excluding hydrogens is 429 g/mol. The van der Waals surface area contributed by atoms with Crippen molar-refractivity contribution in [3.05, 3.63) is 33.7 Å². The first-order valence-corrected chi connectivity index (χ1v) is 8.97. The first kappa shape index (κ1) is 15.0. The Bertz CT molecular complexity index is 871. The lowest BCUT2D eigenvalue weighted by Crippen LogP contribution is -2.41. The molecule has 2 aromatic heterocycles. The van der Waals surface area contributed by atoms with E-state index < -0.39 is 0 Å². The van der Waals surface area contributed by atoms with Crippen LogP contribution < -0.4 is 0 Å². The van der Waals surface area contributed by atoms with E-state index in [9.17, 15) is 4.79 Å². The van der Waals surface area contributed by atoms with Gasteiger partial charge < -0.3 is 9.64 Å². The fraction of sp³-hybridized carbons (Fsp3) is 0.286. The summed E-state index contributed by atoms with van der Waals surface area (Å²) < 4.78 is 7.95. The van der Waals surface area contributed by atoms with Gasteiger partial charge in [0.05, 0.1) is 13.2 Å². The summed E-state index contributed by atoms with van der Waals surface area (Å²) in [6.45, 7) is 2.25. The number of nitrogens with zero attached hydrogens (tertiary/aromatic N) is 5. The van der Waals surface area contributed by atoms with Crippen molar-refractivity contribution >= 4 is 44.8 Å². The zero-order valence-electron chi connectivity index (χ0n) is 12.0. The van der Waals surface area contributed by atoms with Gasteiger partial charge in [-0.1, -0.05) is 23.5 Å². The van der Waals surface area contributed by atoms with Crippen molar-refractivity contribution in [2.24, 2.45) is 0 Å². The van der Waals surface area contributed by atoms with Crippen LogP contribution in [0.2, 0.25) is 0 Å². The minimum absolute atomic E-state index is 0.153. The van der Waals surface area contributed by atoms with Gasteiger partial charge in [-0.05, 0) is 34.7 Å². The van der Waals surface area contributed by atoms with Crippen molar-refractivity contribution in [1.82, 2.24) is 24.7 Å². The van der Waals surface area contributed by atoms with Gasteiger partial charge in [-0.3, -0.25) is 4.79 Å². The number of fused-ring (bicyclic) bond motifs is 1. The fourth-order valence-electron chi connectivity index (χ4n) is 2.40. The molecule has 4 rings (SSSR count). The smallest absolute Gasteiger partial charge is 0.293 e. The van der Waals surface area contributed by atoms with Crippen molar-refractivity contribution in [2.75, 3.05) is 26.3 Å². The monoisotopic (exact) mass is 441 g/mol. The maximum absolute atomic E-state index is 12.6. The third kappa shape index (κ3) is 2.83. The van der Waals surface area contributed by atoms with Gasteiger partial charge in [0.2, 0.25) is 10.8 Å². The number of morpholine rings is 1. The van der Waals surface area contributed by atoms with E-state index in [-0.39, 0.29) is 11.7 Å². The van der Waals surface area contributed by atoms with E-state index in [2.05, 4.69) is 44.0 Å². The molecule has 0 N–H and O–H groups in total. The summed E-state index contributed by atoms with van der Waals surface area (Å²) in [6, 6.07) is 8.06. The number of hydrogen-bond acceptors (Lipinski definition) is 6. The van der Waals surface area contributed by atoms with E-state index >= 15 is 0 Å². The largest absolute Gasteiger partial charge is 0.378 e. The van der Waals surface area contributed by atoms with Crippen molar-refractivity contribution in [2.45, 2.75) is 0 Å². The van der Waals surface area contributed by atoms with Crippen LogP contribution in [-0.2, 0) is 4.74 Å². The van der Waals surface area contributed by atoms with E-state index in [1.807, 2.05) is 18.2 Å². The van der Waals surface area contributed by atoms with Gasteiger partial charge >= 0.3 is 0 Å². The highest BCUT2D eigenvalue weighted by Gasteiger charge is 2.25. The summed E-state index contributed by atoms with van der Waals surface area (Å²) in [5.74, 6) is 0.107. The Kier molecular flexibility index (Phi) is 3.99. The molecule has 1 aromatic carbocycles. The van der Waals surface area contributed by atoms with Gasteiger partial charge in [0, 0.05) is 22.2 Å². The molecule has 7 nitrogen and oxygen atoms in total. The Morgan fingerprint density at radius 2 is 2.09 bits per heavy atom. The maximum atomic E-state index is 12.6. The lowest BCUT2D eigenvalue weighted by molar-refractivity contribution is 0.0293. The molecule has 1 fully saturated rings. The van der Waals surface area contributed by atoms with Crippen molar-refractivity contribution < 1.29 is 9.53 Å². The van der Waals surface area contributed by atoms with Gasteiger partial charge in [0.15, 0.2) is 0 Å². The fourth-order valence-corrected chi connectivity index (χ4v) is 3.78. The lowest BCUT2D eigenvalue weighted by atomic mass is 10.2. The number of aromatic nitrogens is 4. The SMILES string of the molecule is O=C(c1nnc2sc(-c3cccc(I)c3)nn12)N1CCOCC1. The molecule has 1 aliphatic heterocycles. The van der Waals surface area contributed by atoms with Crippen LogP contribution in [0.5, 0.6) is 0 Å². The zero-order valence-corrected chi connectivity index (χ0v) is 15.0. The molecule has 0 saturated carbocycles. The van der Waals surface area contributed by atoms with Gasteiger partial charge in [0.1, 0.15) is 5.01 Å². The molecule has 0 radical (unpaired) electrons. The third-order valence-electron chi connectivity index (χ3n) is 3.55. The highest BCUT2D eigenvalue weighted by Crippen LogP contribution is 2.26. The van der Waals surface area contributed by atoms with Gasteiger partial charge in [-0.25, -0.2) is 0 Å². The van der Waals surface area contributed by atoms with E-state index in [1.165, 1.54) is 15.9 Å². The minimum atomic E-state index is -0.153. The van der Waals surface area contributed by atoms with Crippen molar-refractivity contribution in [1.29, 1.82) is 0 Å². The average Bonchev–Trinajstić information content (AvgIpc) is 3.15. The molecule has 1 amide bonds. The minimum Gasteiger partial charge on any atom is -0.378 e. The Labute approximate surface area is 149 Å². The normalized spacial score (nSPS) is 15.3. The van der Waals surface area contributed by atoms with E-state index in [4.69, 9.17) is 4.74 Å². The molecule has 23 heavy (non-hydrogen) atoms. The first-order chi connectivity index (χ1) is 11.2. The van der Waals surface area contributed by atoms with Crippen LogP contribution in [0.4, 0.5) is 0 Å². The number of benzene rings is 1. The zero-order chi connectivity index (χ0) is 15.8. The van der Waals surface area contributed by atoms with E-state index in [0.717, 1.165) is 14.1 Å².